The first-order valence-electron chi connectivity index (χ1n) is 7.42. The van der Waals surface area contributed by atoms with Crippen molar-refractivity contribution in [3.8, 4) is 0 Å². The van der Waals surface area contributed by atoms with Crippen LogP contribution in [0.4, 0.5) is 0 Å². The van der Waals surface area contributed by atoms with Crippen molar-refractivity contribution >= 4 is 28.5 Å². The Balaban J connectivity index is 1.91. The number of hydrogen-bond acceptors (Lipinski definition) is 4. The monoisotopic (exact) mass is 327 g/mol. The Labute approximate surface area is 138 Å². The van der Waals surface area contributed by atoms with Crippen molar-refractivity contribution < 1.29 is 9.90 Å². The summed E-state index contributed by atoms with van der Waals surface area (Å²) in [5, 5.41) is 20.3. The lowest BCUT2D eigenvalue weighted by atomic mass is 10.0. The number of rotatable bonds is 6. The second kappa shape index (κ2) is 6.83. The molecule has 3 rings (SSSR count). The normalized spacial score (nSPS) is 11.0. The van der Waals surface area contributed by atoms with Crippen LogP contribution in [0.25, 0.3) is 10.8 Å². The number of thioether (sulfide) groups is 1. The van der Waals surface area contributed by atoms with Crippen LogP contribution in [0.2, 0.25) is 0 Å². The number of hydrogen-bond donors (Lipinski definition) is 1. The molecule has 0 atom stereocenters. The summed E-state index contributed by atoms with van der Waals surface area (Å²) in [6, 6.07) is 14.5. The Morgan fingerprint density at radius 3 is 2.74 bits per heavy atom. The molecule has 1 aromatic heterocycles. The van der Waals surface area contributed by atoms with Gasteiger partial charge in [0, 0.05) is 13.0 Å². The third kappa shape index (κ3) is 3.37. The highest BCUT2D eigenvalue weighted by atomic mass is 32.2. The van der Waals surface area contributed by atoms with Crippen LogP contribution in [0, 0.1) is 0 Å². The van der Waals surface area contributed by atoms with Gasteiger partial charge >= 0.3 is 5.97 Å². The summed E-state index contributed by atoms with van der Waals surface area (Å²) in [5.74, 6) is -0.000133. The predicted molar refractivity (Wildman–Crippen MR) is 90.8 cm³/mol. The maximum absolute atomic E-state index is 10.7. The smallest absolute Gasteiger partial charge is 0.313 e. The number of fused-ring (bicyclic) bond motifs is 1. The van der Waals surface area contributed by atoms with Gasteiger partial charge in [-0.25, -0.2) is 0 Å². The molecule has 3 aromatic rings. The molecule has 0 saturated carbocycles. The molecule has 0 unspecified atom stereocenters. The van der Waals surface area contributed by atoms with Crippen LogP contribution in [0.1, 0.15) is 18.3 Å². The minimum atomic E-state index is -0.851. The van der Waals surface area contributed by atoms with Gasteiger partial charge in [-0.05, 0) is 23.3 Å². The third-order valence-corrected chi connectivity index (χ3v) is 4.61. The van der Waals surface area contributed by atoms with E-state index >= 15 is 0 Å². The van der Waals surface area contributed by atoms with Crippen molar-refractivity contribution in [2.24, 2.45) is 0 Å². The maximum Gasteiger partial charge on any atom is 0.313 e. The van der Waals surface area contributed by atoms with Gasteiger partial charge in [-0.1, -0.05) is 54.2 Å². The number of nitrogens with zero attached hydrogens (tertiary/aromatic N) is 3. The summed E-state index contributed by atoms with van der Waals surface area (Å²) in [7, 11) is 0. The first-order chi connectivity index (χ1) is 11.2. The minimum Gasteiger partial charge on any atom is -0.481 e. The molecule has 0 radical (unpaired) electrons. The number of aromatic nitrogens is 3. The highest BCUT2D eigenvalue weighted by Crippen LogP contribution is 2.23. The number of carbonyl (C=O) groups is 1. The maximum atomic E-state index is 10.7. The average Bonchev–Trinajstić information content (AvgIpc) is 2.95. The molecule has 1 N–H and O–H groups in total. The molecule has 0 aliphatic carbocycles. The van der Waals surface area contributed by atoms with Crippen molar-refractivity contribution in [2.45, 2.75) is 25.0 Å². The van der Waals surface area contributed by atoms with Crippen LogP contribution in [0.15, 0.2) is 47.6 Å². The highest BCUT2D eigenvalue weighted by Gasteiger charge is 2.14. The average molecular weight is 327 g/mol. The molecule has 118 valence electrons. The zero-order valence-corrected chi connectivity index (χ0v) is 13.6. The van der Waals surface area contributed by atoms with Gasteiger partial charge in [0.15, 0.2) is 5.16 Å². The van der Waals surface area contributed by atoms with E-state index in [1.807, 2.05) is 29.7 Å². The van der Waals surface area contributed by atoms with E-state index in [4.69, 9.17) is 5.11 Å². The van der Waals surface area contributed by atoms with Gasteiger partial charge in [-0.2, -0.15) is 0 Å². The van der Waals surface area contributed by atoms with E-state index in [0.717, 1.165) is 12.4 Å². The summed E-state index contributed by atoms with van der Waals surface area (Å²) in [6.07, 6.45) is 0.676. The second-order valence-corrected chi connectivity index (χ2v) is 6.08. The zero-order valence-electron chi connectivity index (χ0n) is 12.8. The molecule has 23 heavy (non-hydrogen) atoms. The topological polar surface area (TPSA) is 68.0 Å². The molecule has 0 amide bonds. The summed E-state index contributed by atoms with van der Waals surface area (Å²) in [6.45, 7) is 2.73. The fourth-order valence-electron chi connectivity index (χ4n) is 2.62. The molecule has 0 aliphatic rings. The Morgan fingerprint density at radius 1 is 1.17 bits per heavy atom. The molecule has 1 heterocycles. The minimum absolute atomic E-state index is 0.00754. The lowest BCUT2D eigenvalue weighted by Gasteiger charge is -2.09. The van der Waals surface area contributed by atoms with Crippen molar-refractivity contribution in [1.82, 2.24) is 14.8 Å². The van der Waals surface area contributed by atoms with Crippen LogP contribution in [-0.2, 0) is 17.8 Å². The highest BCUT2D eigenvalue weighted by molar-refractivity contribution is 7.99. The first kappa shape index (κ1) is 15.6. The van der Waals surface area contributed by atoms with Gasteiger partial charge in [0.25, 0.3) is 0 Å². The van der Waals surface area contributed by atoms with Crippen molar-refractivity contribution in [2.75, 3.05) is 5.75 Å². The molecular formula is C17H17N3O2S. The molecule has 0 spiro atoms. The van der Waals surface area contributed by atoms with Crippen molar-refractivity contribution in [3.05, 3.63) is 53.9 Å². The molecule has 0 saturated heterocycles. The lowest BCUT2D eigenvalue weighted by Crippen LogP contribution is -2.06. The molecule has 0 aliphatic heterocycles. The molecule has 2 aromatic carbocycles. The summed E-state index contributed by atoms with van der Waals surface area (Å²) in [4.78, 5) is 10.7. The van der Waals surface area contributed by atoms with Gasteiger partial charge in [0.05, 0.1) is 5.75 Å². The van der Waals surface area contributed by atoms with E-state index in [-0.39, 0.29) is 5.75 Å². The van der Waals surface area contributed by atoms with Gasteiger partial charge in [-0.3, -0.25) is 4.79 Å². The third-order valence-electron chi connectivity index (χ3n) is 3.66. The molecule has 5 nitrogen and oxygen atoms in total. The SMILES string of the molecule is CCn1c(Cc2cccc3ccccc23)nnc1SCC(=O)O. The molecular weight excluding hydrogens is 310 g/mol. The second-order valence-electron chi connectivity index (χ2n) is 5.14. The van der Waals surface area contributed by atoms with Gasteiger partial charge in [-0.15, -0.1) is 10.2 Å². The Kier molecular flexibility index (Phi) is 4.62. The van der Waals surface area contributed by atoms with E-state index in [1.165, 1.54) is 28.1 Å². The van der Waals surface area contributed by atoms with Crippen molar-refractivity contribution in [1.29, 1.82) is 0 Å². The van der Waals surface area contributed by atoms with Crippen molar-refractivity contribution in [3.63, 3.8) is 0 Å². The van der Waals surface area contributed by atoms with Gasteiger partial charge in [0.2, 0.25) is 0 Å². The molecule has 0 bridgehead atoms. The lowest BCUT2D eigenvalue weighted by molar-refractivity contribution is -0.133. The van der Waals surface area contributed by atoms with E-state index < -0.39 is 5.97 Å². The van der Waals surface area contributed by atoms with E-state index in [2.05, 4.69) is 34.5 Å². The zero-order chi connectivity index (χ0) is 16.2. The Bertz CT molecular complexity index is 839. The van der Waals surface area contributed by atoms with Crippen LogP contribution in [0.3, 0.4) is 0 Å². The van der Waals surface area contributed by atoms with E-state index in [1.54, 1.807) is 0 Å². The quantitative estimate of drug-likeness (QED) is 0.704. The summed E-state index contributed by atoms with van der Waals surface area (Å²) >= 11 is 1.20. The van der Waals surface area contributed by atoms with Crippen LogP contribution < -0.4 is 0 Å². The Morgan fingerprint density at radius 2 is 1.96 bits per heavy atom. The molecule has 0 fully saturated rings. The van der Waals surface area contributed by atoms with Crippen LogP contribution in [-0.4, -0.2) is 31.6 Å². The fourth-order valence-corrected chi connectivity index (χ4v) is 3.36. The van der Waals surface area contributed by atoms with Crippen LogP contribution in [0.5, 0.6) is 0 Å². The summed E-state index contributed by atoms with van der Waals surface area (Å²) in [5.41, 5.74) is 1.19. The standard InChI is InChI=1S/C17H17N3O2S/c1-2-20-15(18-19-17(20)23-11-16(21)22)10-13-8-5-7-12-6-3-4-9-14(12)13/h3-9H,2,10-11H2,1H3,(H,21,22). The number of aliphatic carboxylic acids is 1. The predicted octanol–water partition coefficient (Wildman–Crippen LogP) is 3.22. The largest absolute Gasteiger partial charge is 0.481 e. The van der Waals surface area contributed by atoms with E-state index in [9.17, 15) is 4.79 Å². The van der Waals surface area contributed by atoms with Gasteiger partial charge < -0.3 is 9.67 Å². The first-order valence-corrected chi connectivity index (χ1v) is 8.41. The summed E-state index contributed by atoms with van der Waals surface area (Å²) < 4.78 is 1.98. The van der Waals surface area contributed by atoms with E-state index in [0.29, 0.717) is 11.6 Å². The number of benzene rings is 2. The van der Waals surface area contributed by atoms with Gasteiger partial charge in [0.1, 0.15) is 5.82 Å². The van der Waals surface area contributed by atoms with Crippen LogP contribution >= 0.6 is 11.8 Å². The Hall–Kier alpha value is -2.34. The fraction of sp³-hybridized carbons (Fsp3) is 0.235. The molecule has 6 heteroatoms. The number of carboxylic acid groups (broad SMARTS) is 1. The number of carboxylic acids is 1.